The van der Waals surface area contributed by atoms with Crippen LogP contribution in [0.25, 0.3) is 0 Å². The van der Waals surface area contributed by atoms with Crippen molar-refractivity contribution in [3.8, 4) is 0 Å². The summed E-state index contributed by atoms with van der Waals surface area (Å²) in [5.74, 6) is -0.835. The SMILES string of the molecule is C=CC(=O)OOP(O)(=S)OCC. The molecule has 0 heterocycles. The minimum atomic E-state index is -3.42. The maximum absolute atomic E-state index is 10.4. The van der Waals surface area contributed by atoms with E-state index in [1.54, 1.807) is 6.92 Å². The third-order valence-electron chi connectivity index (χ3n) is 0.673. The van der Waals surface area contributed by atoms with Gasteiger partial charge in [-0.25, -0.2) is 4.79 Å². The van der Waals surface area contributed by atoms with Crippen molar-refractivity contribution >= 4 is 24.5 Å². The molecule has 0 rings (SSSR count). The van der Waals surface area contributed by atoms with Crippen LogP contribution in [0.1, 0.15) is 6.92 Å². The van der Waals surface area contributed by atoms with E-state index >= 15 is 0 Å². The molecule has 12 heavy (non-hydrogen) atoms. The van der Waals surface area contributed by atoms with Crippen LogP contribution in [-0.4, -0.2) is 17.5 Å². The molecule has 0 aromatic carbocycles. The van der Waals surface area contributed by atoms with Crippen LogP contribution in [0.3, 0.4) is 0 Å². The second-order valence-corrected chi connectivity index (χ2v) is 4.30. The summed E-state index contributed by atoms with van der Waals surface area (Å²) in [4.78, 5) is 23.5. The molecule has 5 nitrogen and oxygen atoms in total. The first-order valence-electron chi connectivity index (χ1n) is 3.02. The van der Waals surface area contributed by atoms with Gasteiger partial charge in [-0.05, 0) is 18.7 Å². The topological polar surface area (TPSA) is 65.0 Å². The predicted octanol–water partition coefficient (Wildman–Crippen LogP) is 0.900. The van der Waals surface area contributed by atoms with E-state index in [-0.39, 0.29) is 6.61 Å². The lowest BCUT2D eigenvalue weighted by atomic mass is 10.7. The zero-order valence-electron chi connectivity index (χ0n) is 6.43. The first kappa shape index (κ1) is 11.7. The lowest BCUT2D eigenvalue weighted by Crippen LogP contribution is -2.01. The van der Waals surface area contributed by atoms with Gasteiger partial charge in [-0.2, -0.15) is 0 Å². The smallest absolute Gasteiger partial charge is 0.322 e. The van der Waals surface area contributed by atoms with Crippen molar-refractivity contribution in [2.45, 2.75) is 6.92 Å². The molecule has 70 valence electrons. The lowest BCUT2D eigenvalue weighted by Gasteiger charge is -2.10. The molecule has 0 saturated heterocycles. The zero-order valence-corrected chi connectivity index (χ0v) is 8.14. The lowest BCUT2D eigenvalue weighted by molar-refractivity contribution is -0.212. The van der Waals surface area contributed by atoms with Gasteiger partial charge in [-0.15, -0.1) is 0 Å². The summed E-state index contributed by atoms with van der Waals surface area (Å²) in [7, 11) is 0. The third-order valence-corrected chi connectivity index (χ3v) is 2.02. The fourth-order valence-corrected chi connectivity index (χ4v) is 1.25. The average Bonchev–Trinajstić information content (AvgIpc) is 2.00. The van der Waals surface area contributed by atoms with Gasteiger partial charge in [-0.1, -0.05) is 11.3 Å². The highest BCUT2D eigenvalue weighted by Gasteiger charge is 2.17. The Morgan fingerprint density at radius 2 is 2.42 bits per heavy atom. The van der Waals surface area contributed by atoms with Crippen molar-refractivity contribution in [3.63, 3.8) is 0 Å². The van der Waals surface area contributed by atoms with Gasteiger partial charge < -0.3 is 9.42 Å². The molecule has 0 aliphatic heterocycles. The zero-order chi connectivity index (χ0) is 9.61. The molecule has 1 atom stereocenters. The van der Waals surface area contributed by atoms with Crippen LogP contribution < -0.4 is 0 Å². The van der Waals surface area contributed by atoms with Crippen LogP contribution >= 0.6 is 6.72 Å². The minimum Gasteiger partial charge on any atom is -0.322 e. The Balaban J connectivity index is 3.83. The summed E-state index contributed by atoms with van der Waals surface area (Å²) in [6, 6.07) is 0. The largest absolute Gasteiger partial charge is 0.365 e. The van der Waals surface area contributed by atoms with Gasteiger partial charge in [-0.3, -0.25) is 4.89 Å². The average molecular weight is 212 g/mol. The van der Waals surface area contributed by atoms with Crippen molar-refractivity contribution in [2.24, 2.45) is 0 Å². The maximum Gasteiger partial charge on any atom is 0.365 e. The fourth-order valence-electron chi connectivity index (χ4n) is 0.303. The Labute approximate surface area is 75.1 Å². The van der Waals surface area contributed by atoms with Gasteiger partial charge in [0.2, 0.25) is 0 Å². The molecule has 0 bridgehead atoms. The second-order valence-electron chi connectivity index (χ2n) is 1.57. The quantitative estimate of drug-likeness (QED) is 0.316. The molecule has 0 aromatic heterocycles. The third kappa shape index (κ3) is 5.40. The molecule has 0 fully saturated rings. The highest BCUT2D eigenvalue weighted by atomic mass is 32.5. The Morgan fingerprint density at radius 1 is 1.83 bits per heavy atom. The Kier molecular flexibility index (Phi) is 5.28. The molecular weight excluding hydrogens is 203 g/mol. The van der Waals surface area contributed by atoms with Crippen LogP contribution in [0.4, 0.5) is 0 Å². The van der Waals surface area contributed by atoms with Crippen LogP contribution in [-0.2, 0) is 30.7 Å². The second kappa shape index (κ2) is 5.40. The fraction of sp³-hybridized carbons (Fsp3) is 0.400. The van der Waals surface area contributed by atoms with Gasteiger partial charge in [0.25, 0.3) is 0 Å². The molecule has 7 heteroatoms. The van der Waals surface area contributed by atoms with Gasteiger partial charge in [0, 0.05) is 6.08 Å². The highest BCUT2D eigenvalue weighted by Crippen LogP contribution is 2.43. The van der Waals surface area contributed by atoms with Crippen molar-refractivity contribution < 1.29 is 23.8 Å². The van der Waals surface area contributed by atoms with E-state index in [0.29, 0.717) is 0 Å². The van der Waals surface area contributed by atoms with Gasteiger partial charge in [0.1, 0.15) is 0 Å². The van der Waals surface area contributed by atoms with Crippen LogP contribution in [0, 0.1) is 0 Å². The first-order chi connectivity index (χ1) is 5.52. The Morgan fingerprint density at radius 3 is 2.83 bits per heavy atom. The summed E-state index contributed by atoms with van der Waals surface area (Å²) in [6.07, 6.45) is 0.876. The predicted molar refractivity (Wildman–Crippen MR) is 45.5 cm³/mol. The summed E-state index contributed by atoms with van der Waals surface area (Å²) < 4.78 is 8.73. The number of carbonyl (C=O) groups is 1. The van der Waals surface area contributed by atoms with Crippen molar-refractivity contribution in [1.29, 1.82) is 0 Å². The Hall–Kier alpha value is -0.260. The normalized spacial score (nSPS) is 14.8. The monoisotopic (exact) mass is 212 g/mol. The van der Waals surface area contributed by atoms with Crippen LogP contribution in [0.15, 0.2) is 12.7 Å². The van der Waals surface area contributed by atoms with E-state index in [1.807, 2.05) is 0 Å². The van der Waals surface area contributed by atoms with Gasteiger partial charge in [0.15, 0.2) is 0 Å². The molecular formula is C5H9O5PS. The van der Waals surface area contributed by atoms with Crippen LogP contribution in [0.2, 0.25) is 0 Å². The van der Waals surface area contributed by atoms with Crippen LogP contribution in [0.5, 0.6) is 0 Å². The molecule has 0 spiro atoms. The summed E-state index contributed by atoms with van der Waals surface area (Å²) in [6.45, 7) is 1.49. The van der Waals surface area contributed by atoms with E-state index in [4.69, 9.17) is 4.89 Å². The standard InChI is InChI=1S/C5H9O5PS/c1-3-5(6)9-10-11(7,12)8-4-2/h3H,1,4H2,2H3,(H,7,12). The molecule has 1 unspecified atom stereocenters. The summed E-state index contributed by atoms with van der Waals surface area (Å²) in [5, 5.41) is 0. The van der Waals surface area contributed by atoms with Crippen molar-refractivity contribution in [3.05, 3.63) is 12.7 Å². The number of rotatable bonds is 5. The summed E-state index contributed by atoms with van der Waals surface area (Å²) in [5.41, 5.74) is 0. The van der Waals surface area contributed by atoms with E-state index < -0.39 is 12.7 Å². The first-order valence-corrected chi connectivity index (χ1v) is 5.61. The molecule has 0 aliphatic rings. The highest BCUT2D eigenvalue weighted by molar-refractivity contribution is 8.07. The molecule has 0 radical (unpaired) electrons. The van der Waals surface area contributed by atoms with Crippen molar-refractivity contribution in [2.75, 3.05) is 6.61 Å². The summed E-state index contributed by atoms with van der Waals surface area (Å²) >= 11 is 4.42. The maximum atomic E-state index is 10.4. The number of hydrogen-bond donors (Lipinski definition) is 1. The number of carbonyl (C=O) groups excluding carboxylic acids is 1. The molecule has 0 aromatic rings. The minimum absolute atomic E-state index is 0.180. The molecule has 0 saturated carbocycles. The molecule has 0 amide bonds. The van der Waals surface area contributed by atoms with Gasteiger partial charge in [0.05, 0.1) is 6.61 Å². The molecule has 1 N–H and O–H groups in total. The molecule has 0 aliphatic carbocycles. The Bertz CT molecular complexity index is 216. The van der Waals surface area contributed by atoms with E-state index in [0.717, 1.165) is 6.08 Å². The number of hydrogen-bond acceptors (Lipinski definition) is 5. The van der Waals surface area contributed by atoms with Crippen molar-refractivity contribution in [1.82, 2.24) is 0 Å². The van der Waals surface area contributed by atoms with E-state index in [1.165, 1.54) is 0 Å². The van der Waals surface area contributed by atoms with E-state index in [9.17, 15) is 4.79 Å². The van der Waals surface area contributed by atoms with E-state index in [2.05, 4.69) is 32.5 Å². The van der Waals surface area contributed by atoms with Gasteiger partial charge >= 0.3 is 12.7 Å².